The summed E-state index contributed by atoms with van der Waals surface area (Å²) < 4.78 is 27.5. The number of benzene rings is 1. The van der Waals surface area contributed by atoms with Crippen molar-refractivity contribution in [1.82, 2.24) is 24.1 Å². The molecule has 1 amide bonds. The summed E-state index contributed by atoms with van der Waals surface area (Å²) in [5.41, 5.74) is 0.437. The van der Waals surface area contributed by atoms with Crippen LogP contribution in [0.1, 0.15) is 127 Å². The molecule has 1 aromatic carbocycles. The Morgan fingerprint density at radius 3 is 2.22 bits per heavy atom. The first-order chi connectivity index (χ1) is 22.7. The first-order valence-electron chi connectivity index (χ1n) is 17.4. The van der Waals surface area contributed by atoms with Gasteiger partial charge in [0.25, 0.3) is 0 Å². The fourth-order valence-electron chi connectivity index (χ4n) is 8.30. The van der Waals surface area contributed by atoms with Crippen LogP contribution < -0.4 is 51.4 Å². The molecule has 49 heavy (non-hydrogen) atoms. The molecule has 0 spiro atoms. The molecule has 0 N–H and O–H groups in total. The van der Waals surface area contributed by atoms with E-state index in [4.69, 9.17) is 0 Å². The topological polar surface area (TPSA) is 127 Å². The number of piperidine rings is 1. The standard InChI is InChI=1S/C37H52N5O5S.K/c1-7-31(40-18-15-38-25-40)21-32(41-16-8-9-34(41)43)20-29(27-10-12-33(13-11-27)48(46)47)19-26(2)39-17-14-28(24-39)35(44)30-22-36(3,4)42(45)37(5,6)23-30;/h10-15,17-18,24-26,29-32H,7-9,16,19-23H2,1-6H3,(H,46,47);/q-1;+1/p-1. The summed E-state index contributed by atoms with van der Waals surface area (Å²) in [6.45, 7) is 12.7. The normalized spacial score (nSPS) is 21.1. The molecule has 0 aliphatic carbocycles. The van der Waals surface area contributed by atoms with E-state index in [-0.39, 0.29) is 97.9 Å². The summed E-state index contributed by atoms with van der Waals surface area (Å²) in [7, 11) is 0. The molecule has 0 saturated carbocycles. The third-order valence-electron chi connectivity index (χ3n) is 10.7. The van der Waals surface area contributed by atoms with Crippen LogP contribution in [0, 0.1) is 11.1 Å². The first kappa shape index (κ1) is 40.3. The number of amides is 1. The van der Waals surface area contributed by atoms with Gasteiger partial charge < -0.3 is 28.9 Å². The summed E-state index contributed by atoms with van der Waals surface area (Å²) in [5, 5.41) is 14.0. The quantitative estimate of drug-likeness (QED) is 0.140. The van der Waals surface area contributed by atoms with Gasteiger partial charge >= 0.3 is 51.4 Å². The molecular weight excluding hydrogens is 666 g/mol. The molecule has 262 valence electrons. The summed E-state index contributed by atoms with van der Waals surface area (Å²) >= 11 is -2.32. The molecular formula is C37H51KN5O5S-. The predicted octanol–water partition coefficient (Wildman–Crippen LogP) is 4.03. The molecule has 2 aliphatic rings. The summed E-state index contributed by atoms with van der Waals surface area (Å²) in [4.78, 5) is 33.5. The van der Waals surface area contributed by atoms with Crippen molar-refractivity contribution in [2.75, 3.05) is 6.54 Å². The van der Waals surface area contributed by atoms with Crippen LogP contribution in [0.3, 0.4) is 0 Å². The second-order valence-electron chi connectivity index (χ2n) is 15.2. The molecule has 12 heteroatoms. The number of hydroxylamine groups is 2. The van der Waals surface area contributed by atoms with Crippen molar-refractivity contribution in [2.24, 2.45) is 5.92 Å². The van der Waals surface area contributed by atoms with Crippen molar-refractivity contribution < 1.29 is 69.7 Å². The van der Waals surface area contributed by atoms with Crippen LogP contribution >= 0.6 is 0 Å². The minimum Gasteiger partial charge on any atom is -0.784 e. The largest absolute Gasteiger partial charge is 1.00 e. The number of hydrogen-bond donors (Lipinski definition) is 0. The van der Waals surface area contributed by atoms with E-state index >= 15 is 0 Å². The number of ketones is 1. The molecule has 2 fully saturated rings. The molecule has 5 unspecified atom stereocenters. The maximum absolute atomic E-state index is 13.8. The fourth-order valence-corrected chi connectivity index (χ4v) is 8.66. The minimum atomic E-state index is -2.32. The van der Waals surface area contributed by atoms with E-state index in [0.29, 0.717) is 24.8 Å². The van der Waals surface area contributed by atoms with E-state index in [1.54, 1.807) is 18.3 Å². The van der Waals surface area contributed by atoms with E-state index in [2.05, 4.69) is 32.9 Å². The number of rotatable bonds is 14. The Morgan fingerprint density at radius 1 is 1.00 bits per heavy atom. The van der Waals surface area contributed by atoms with Gasteiger partial charge in [-0.1, -0.05) is 19.1 Å². The van der Waals surface area contributed by atoms with Gasteiger partial charge in [0.15, 0.2) is 5.78 Å². The van der Waals surface area contributed by atoms with Crippen molar-refractivity contribution >= 4 is 22.8 Å². The Bertz CT molecular complexity index is 1560. The SMILES string of the molecule is CCC(CC(CC(CC(C)n1ccc(C(=O)C2CC(C)(C)N([O-])C(C)(C)C2)c1)c1ccc(S(=O)[O-])cc1)N1CCCC1=O)n1ccnc1.[K+]. The van der Waals surface area contributed by atoms with E-state index in [1.165, 1.54) is 0 Å². The van der Waals surface area contributed by atoms with Gasteiger partial charge in [0.1, 0.15) is 0 Å². The number of nitrogens with zero attached hydrogens (tertiary/aromatic N) is 5. The Labute approximate surface area is 336 Å². The Hall–Kier alpha value is -1.48. The zero-order valence-corrected chi connectivity index (χ0v) is 34.1. The van der Waals surface area contributed by atoms with E-state index in [9.17, 15) is 23.6 Å². The van der Waals surface area contributed by atoms with Crippen LogP contribution in [0.4, 0.5) is 0 Å². The second kappa shape index (κ2) is 16.9. The molecule has 2 aromatic heterocycles. The fraction of sp³-hybridized carbons (Fsp3) is 0.595. The number of carbonyl (C=O) groups excluding carboxylic acids is 2. The average Bonchev–Trinajstić information content (AvgIpc) is 3.84. The van der Waals surface area contributed by atoms with Crippen LogP contribution in [-0.2, 0) is 15.9 Å². The number of Topliss-reactive ketones (excluding diaryl/α,β-unsaturated/α-hetero) is 1. The van der Waals surface area contributed by atoms with Gasteiger partial charge in [-0.3, -0.25) is 13.8 Å². The van der Waals surface area contributed by atoms with Crippen LogP contribution in [0.2, 0.25) is 0 Å². The van der Waals surface area contributed by atoms with E-state index < -0.39 is 22.2 Å². The Balaban J connectivity index is 0.00000541. The number of carbonyl (C=O) groups is 2. The van der Waals surface area contributed by atoms with E-state index in [1.807, 2.05) is 70.8 Å². The van der Waals surface area contributed by atoms with Gasteiger partial charge in [0, 0.05) is 83.3 Å². The molecule has 0 radical (unpaired) electrons. The average molecular weight is 717 g/mol. The smallest absolute Gasteiger partial charge is 0.784 e. The maximum Gasteiger partial charge on any atom is 1.00 e. The van der Waals surface area contributed by atoms with Gasteiger partial charge in [0.05, 0.1) is 6.33 Å². The zero-order valence-electron chi connectivity index (χ0n) is 30.2. The zero-order chi connectivity index (χ0) is 34.8. The monoisotopic (exact) mass is 716 g/mol. The summed E-state index contributed by atoms with van der Waals surface area (Å²) in [5.74, 6) is 0.0556. The number of likely N-dealkylation sites (tertiary alicyclic amines) is 1. The van der Waals surface area contributed by atoms with Crippen LogP contribution in [0.25, 0.3) is 0 Å². The first-order valence-corrected chi connectivity index (χ1v) is 18.4. The third kappa shape index (κ3) is 9.50. The number of hydrogen-bond acceptors (Lipinski definition) is 7. The molecule has 3 aromatic rings. The Kier molecular flexibility index (Phi) is 13.9. The van der Waals surface area contributed by atoms with Crippen molar-refractivity contribution in [1.29, 1.82) is 0 Å². The van der Waals surface area contributed by atoms with Gasteiger partial charge in [-0.2, -0.15) is 0 Å². The summed E-state index contributed by atoms with van der Waals surface area (Å²) in [6.07, 6.45) is 15.1. The number of aromatic nitrogens is 3. The molecule has 4 heterocycles. The van der Waals surface area contributed by atoms with Crippen LogP contribution in [0.15, 0.2) is 66.3 Å². The van der Waals surface area contributed by atoms with Gasteiger partial charge in [0.2, 0.25) is 5.91 Å². The minimum absolute atomic E-state index is 0. The van der Waals surface area contributed by atoms with Crippen LogP contribution in [0.5, 0.6) is 0 Å². The van der Waals surface area contributed by atoms with Gasteiger partial charge in [-0.25, -0.2) is 4.98 Å². The van der Waals surface area contributed by atoms with Gasteiger partial charge in [-0.15, -0.1) is 0 Å². The van der Waals surface area contributed by atoms with Crippen molar-refractivity contribution in [3.8, 4) is 0 Å². The molecule has 2 aliphatic heterocycles. The van der Waals surface area contributed by atoms with Crippen molar-refractivity contribution in [2.45, 2.75) is 133 Å². The summed E-state index contributed by atoms with van der Waals surface area (Å²) in [6, 6.07) is 9.19. The molecule has 10 nitrogen and oxygen atoms in total. The second-order valence-corrected chi connectivity index (χ2v) is 16.2. The number of imidazole rings is 1. The third-order valence-corrected chi connectivity index (χ3v) is 11.4. The molecule has 5 rings (SSSR count). The van der Waals surface area contributed by atoms with Gasteiger partial charge in [-0.05, 0) is 120 Å². The molecule has 2 saturated heterocycles. The maximum atomic E-state index is 13.8. The van der Waals surface area contributed by atoms with Crippen molar-refractivity contribution in [3.63, 3.8) is 0 Å². The van der Waals surface area contributed by atoms with E-state index in [0.717, 1.165) is 49.3 Å². The van der Waals surface area contributed by atoms with Crippen LogP contribution in [-0.4, -0.2) is 68.2 Å². The molecule has 0 bridgehead atoms. The predicted molar refractivity (Wildman–Crippen MR) is 186 cm³/mol. The Morgan fingerprint density at radius 2 is 1.67 bits per heavy atom. The van der Waals surface area contributed by atoms with Crippen molar-refractivity contribution in [3.05, 3.63) is 77.8 Å². The molecule has 5 atom stereocenters.